The highest BCUT2D eigenvalue weighted by Crippen LogP contribution is 2.25. The molecular formula is C18H27N5O2. The minimum atomic E-state index is 0.0457. The van der Waals surface area contributed by atoms with Gasteiger partial charge in [0.2, 0.25) is 5.91 Å². The lowest BCUT2D eigenvalue weighted by Crippen LogP contribution is -2.45. The summed E-state index contributed by atoms with van der Waals surface area (Å²) < 4.78 is 5.39. The molecule has 1 amide bonds. The molecule has 7 heteroatoms. The van der Waals surface area contributed by atoms with E-state index in [0.29, 0.717) is 13.2 Å². The molecule has 0 radical (unpaired) electrons. The number of nitrogens with zero attached hydrogens (tertiary/aromatic N) is 5. The molecule has 1 atom stereocenters. The van der Waals surface area contributed by atoms with E-state index in [0.717, 1.165) is 70.0 Å². The van der Waals surface area contributed by atoms with Crippen molar-refractivity contribution in [2.45, 2.75) is 19.3 Å². The smallest absolute Gasteiger partial charge is 0.228 e. The van der Waals surface area contributed by atoms with Crippen LogP contribution in [0.4, 0.5) is 5.82 Å². The predicted octanol–water partition coefficient (Wildman–Crippen LogP) is 0.192. The van der Waals surface area contributed by atoms with E-state index in [-0.39, 0.29) is 11.8 Å². The highest BCUT2D eigenvalue weighted by atomic mass is 16.5. The van der Waals surface area contributed by atoms with Crippen LogP contribution in [-0.4, -0.2) is 85.2 Å². The number of carbonyl (C=O) groups is 1. The van der Waals surface area contributed by atoms with E-state index >= 15 is 0 Å². The molecule has 4 rings (SSSR count). The Kier molecular flexibility index (Phi) is 4.85. The van der Waals surface area contributed by atoms with Crippen LogP contribution in [0.5, 0.6) is 0 Å². The second-order valence-electron chi connectivity index (χ2n) is 7.30. The molecule has 7 nitrogen and oxygen atoms in total. The number of fused-ring (bicyclic) bond motifs is 1. The van der Waals surface area contributed by atoms with Crippen LogP contribution in [-0.2, 0) is 22.4 Å². The lowest BCUT2D eigenvalue weighted by Gasteiger charge is -2.34. The fourth-order valence-electron chi connectivity index (χ4n) is 4.01. The maximum absolute atomic E-state index is 12.7. The molecule has 0 saturated carbocycles. The summed E-state index contributed by atoms with van der Waals surface area (Å²) in [4.78, 5) is 28.6. The third-order valence-electron chi connectivity index (χ3n) is 5.66. The highest BCUT2D eigenvalue weighted by Gasteiger charge is 2.30. The second kappa shape index (κ2) is 7.25. The third kappa shape index (κ3) is 3.48. The van der Waals surface area contributed by atoms with E-state index in [1.54, 1.807) is 6.33 Å². The lowest BCUT2D eigenvalue weighted by atomic mass is 10.1. The van der Waals surface area contributed by atoms with Crippen molar-refractivity contribution in [1.82, 2.24) is 19.8 Å². The van der Waals surface area contributed by atoms with Crippen molar-refractivity contribution in [2.75, 3.05) is 64.4 Å². The van der Waals surface area contributed by atoms with Crippen LogP contribution in [0.1, 0.15) is 17.7 Å². The Labute approximate surface area is 149 Å². The summed E-state index contributed by atoms with van der Waals surface area (Å²) in [7, 11) is 2.16. The van der Waals surface area contributed by atoms with Gasteiger partial charge in [-0.1, -0.05) is 0 Å². The Hall–Kier alpha value is -1.73. The van der Waals surface area contributed by atoms with Crippen LogP contribution in [0.2, 0.25) is 0 Å². The van der Waals surface area contributed by atoms with Crippen molar-refractivity contribution in [1.29, 1.82) is 0 Å². The normalized spacial score (nSPS) is 24.9. The van der Waals surface area contributed by atoms with Crippen molar-refractivity contribution in [3.8, 4) is 0 Å². The number of hydrogen-bond acceptors (Lipinski definition) is 6. The number of amides is 1. The topological polar surface area (TPSA) is 61.8 Å². The molecule has 1 unspecified atom stereocenters. The highest BCUT2D eigenvalue weighted by molar-refractivity contribution is 5.79. The minimum absolute atomic E-state index is 0.0457. The first-order valence-electron chi connectivity index (χ1n) is 9.35. The van der Waals surface area contributed by atoms with Crippen LogP contribution >= 0.6 is 0 Å². The van der Waals surface area contributed by atoms with Crippen LogP contribution < -0.4 is 4.90 Å². The molecule has 3 aliphatic heterocycles. The number of rotatable bonds is 2. The van der Waals surface area contributed by atoms with Gasteiger partial charge in [-0.3, -0.25) is 4.79 Å². The largest absolute Gasteiger partial charge is 0.381 e. The maximum atomic E-state index is 12.7. The monoisotopic (exact) mass is 345 g/mol. The number of likely N-dealkylation sites (N-methyl/N-ethyl adjacent to an activating group) is 1. The fourth-order valence-corrected chi connectivity index (χ4v) is 4.01. The van der Waals surface area contributed by atoms with Crippen LogP contribution in [0.3, 0.4) is 0 Å². The summed E-state index contributed by atoms with van der Waals surface area (Å²) in [6, 6.07) is 0. The minimum Gasteiger partial charge on any atom is -0.381 e. The predicted molar refractivity (Wildman–Crippen MR) is 94.7 cm³/mol. The average molecular weight is 345 g/mol. The molecule has 2 fully saturated rings. The molecule has 1 aromatic heterocycles. The molecule has 25 heavy (non-hydrogen) atoms. The quantitative estimate of drug-likeness (QED) is 0.763. The van der Waals surface area contributed by atoms with Gasteiger partial charge in [-0.15, -0.1) is 0 Å². The number of anilines is 1. The number of piperazine rings is 1. The van der Waals surface area contributed by atoms with E-state index in [1.165, 1.54) is 5.56 Å². The van der Waals surface area contributed by atoms with Gasteiger partial charge >= 0.3 is 0 Å². The lowest BCUT2D eigenvalue weighted by molar-refractivity contribution is -0.135. The summed E-state index contributed by atoms with van der Waals surface area (Å²) in [5, 5.41) is 0. The van der Waals surface area contributed by atoms with Gasteiger partial charge in [0.05, 0.1) is 18.2 Å². The van der Waals surface area contributed by atoms with Gasteiger partial charge in [-0.2, -0.15) is 0 Å². The Bertz CT molecular complexity index is 624. The van der Waals surface area contributed by atoms with Gasteiger partial charge in [-0.05, 0) is 19.9 Å². The average Bonchev–Trinajstić information content (AvgIpc) is 3.08. The summed E-state index contributed by atoms with van der Waals surface area (Å²) in [5.41, 5.74) is 2.35. The Balaban J connectivity index is 1.49. The van der Waals surface area contributed by atoms with Crippen LogP contribution in [0.15, 0.2) is 6.33 Å². The van der Waals surface area contributed by atoms with Crippen molar-refractivity contribution >= 4 is 11.7 Å². The van der Waals surface area contributed by atoms with Gasteiger partial charge < -0.3 is 19.4 Å². The maximum Gasteiger partial charge on any atom is 0.228 e. The van der Waals surface area contributed by atoms with E-state index < -0.39 is 0 Å². The summed E-state index contributed by atoms with van der Waals surface area (Å²) in [6.07, 6.45) is 4.21. The molecule has 1 aromatic rings. The van der Waals surface area contributed by atoms with Crippen molar-refractivity contribution in [3.05, 3.63) is 17.6 Å². The van der Waals surface area contributed by atoms with Gasteiger partial charge in [0.1, 0.15) is 12.1 Å². The van der Waals surface area contributed by atoms with E-state index in [4.69, 9.17) is 4.74 Å². The molecule has 0 aliphatic carbocycles. The fraction of sp³-hybridized carbons (Fsp3) is 0.722. The van der Waals surface area contributed by atoms with E-state index in [2.05, 4.69) is 26.8 Å². The molecule has 2 saturated heterocycles. The summed E-state index contributed by atoms with van der Waals surface area (Å²) in [6.45, 7) is 6.93. The van der Waals surface area contributed by atoms with Gasteiger partial charge in [0, 0.05) is 57.9 Å². The zero-order valence-electron chi connectivity index (χ0n) is 15.0. The van der Waals surface area contributed by atoms with Gasteiger partial charge in [-0.25, -0.2) is 9.97 Å². The molecule has 0 N–H and O–H groups in total. The standard InChI is InChI=1S/C18H27N5O2/c1-21-7-9-22(10-8-21)17-15-2-5-23(6-3-16(15)19-13-20-17)18(24)14-4-11-25-12-14/h13-14H,2-12H2,1H3. The number of carbonyl (C=O) groups excluding carboxylic acids is 1. The molecule has 136 valence electrons. The zero-order chi connectivity index (χ0) is 17.2. The van der Waals surface area contributed by atoms with E-state index in [9.17, 15) is 4.79 Å². The van der Waals surface area contributed by atoms with Crippen molar-refractivity contribution in [2.24, 2.45) is 5.92 Å². The number of hydrogen-bond donors (Lipinski definition) is 0. The molecule has 4 heterocycles. The Morgan fingerprint density at radius 3 is 2.68 bits per heavy atom. The summed E-state index contributed by atoms with van der Waals surface area (Å²) >= 11 is 0. The van der Waals surface area contributed by atoms with Gasteiger partial charge in [0.25, 0.3) is 0 Å². The van der Waals surface area contributed by atoms with Crippen molar-refractivity contribution < 1.29 is 9.53 Å². The van der Waals surface area contributed by atoms with Crippen molar-refractivity contribution in [3.63, 3.8) is 0 Å². The molecular weight excluding hydrogens is 318 g/mol. The third-order valence-corrected chi connectivity index (χ3v) is 5.66. The SMILES string of the molecule is CN1CCN(c2ncnc3c2CCN(C(=O)C2CCOC2)CC3)CC1. The van der Waals surface area contributed by atoms with Gasteiger partial charge in [0.15, 0.2) is 0 Å². The number of aromatic nitrogens is 2. The first kappa shape index (κ1) is 16.7. The molecule has 3 aliphatic rings. The molecule has 0 bridgehead atoms. The molecule has 0 aromatic carbocycles. The second-order valence-corrected chi connectivity index (χ2v) is 7.30. The Morgan fingerprint density at radius 1 is 1.12 bits per heavy atom. The van der Waals surface area contributed by atoms with Crippen LogP contribution in [0, 0.1) is 5.92 Å². The number of ether oxygens (including phenoxy) is 1. The Morgan fingerprint density at radius 2 is 1.92 bits per heavy atom. The van der Waals surface area contributed by atoms with E-state index in [1.807, 2.05) is 4.90 Å². The first-order valence-corrected chi connectivity index (χ1v) is 9.35. The first-order chi connectivity index (χ1) is 12.2. The summed E-state index contributed by atoms with van der Waals surface area (Å²) in [5.74, 6) is 1.38. The molecule has 0 spiro atoms. The zero-order valence-corrected chi connectivity index (χ0v) is 15.0. The van der Waals surface area contributed by atoms with Crippen LogP contribution in [0.25, 0.3) is 0 Å².